The minimum atomic E-state index is -3.59. The van der Waals surface area contributed by atoms with Crippen molar-refractivity contribution in [1.29, 1.82) is 0 Å². The SMILES string of the molecule is O=S(=O)(c1ccccc1)n1cc(I)c2cccc(Br)c21. The Bertz CT molecular complexity index is 888. The Morgan fingerprint density at radius 1 is 1.00 bits per heavy atom. The van der Waals surface area contributed by atoms with E-state index in [-0.39, 0.29) is 4.90 Å². The fourth-order valence-corrected chi connectivity index (χ4v) is 5.05. The second kappa shape index (κ2) is 5.16. The van der Waals surface area contributed by atoms with Crippen molar-refractivity contribution >= 4 is 59.4 Å². The van der Waals surface area contributed by atoms with Crippen LogP contribution < -0.4 is 0 Å². The number of hydrogen-bond acceptors (Lipinski definition) is 2. The van der Waals surface area contributed by atoms with Gasteiger partial charge in [0.15, 0.2) is 0 Å². The third-order valence-electron chi connectivity index (χ3n) is 3.00. The second-order valence-electron chi connectivity index (χ2n) is 4.23. The smallest absolute Gasteiger partial charge is 0.239 e. The minimum absolute atomic E-state index is 0.282. The van der Waals surface area contributed by atoms with Crippen LogP contribution in [0, 0.1) is 3.57 Å². The van der Waals surface area contributed by atoms with Crippen molar-refractivity contribution in [2.24, 2.45) is 0 Å². The predicted molar refractivity (Wildman–Crippen MR) is 91.4 cm³/mol. The van der Waals surface area contributed by atoms with Crippen LogP contribution >= 0.6 is 38.5 Å². The number of fused-ring (bicyclic) bond motifs is 1. The van der Waals surface area contributed by atoms with Crippen molar-refractivity contribution in [1.82, 2.24) is 3.97 Å². The molecule has 0 fully saturated rings. The largest absolute Gasteiger partial charge is 0.268 e. The first kappa shape index (κ1) is 14.1. The molecular weight excluding hydrogens is 453 g/mol. The zero-order valence-electron chi connectivity index (χ0n) is 10.1. The summed E-state index contributed by atoms with van der Waals surface area (Å²) in [5, 5.41) is 0.916. The van der Waals surface area contributed by atoms with Gasteiger partial charge in [0.1, 0.15) is 0 Å². The fraction of sp³-hybridized carbons (Fsp3) is 0. The van der Waals surface area contributed by atoms with Gasteiger partial charge in [-0.05, 0) is 56.7 Å². The number of aromatic nitrogens is 1. The van der Waals surface area contributed by atoms with Gasteiger partial charge in [-0.2, -0.15) is 0 Å². The van der Waals surface area contributed by atoms with Crippen molar-refractivity contribution < 1.29 is 8.42 Å². The molecule has 3 rings (SSSR count). The standard InChI is InChI=1S/C14H9BrINO2S/c15-12-8-4-7-11-13(16)9-17(14(11)12)20(18,19)10-5-2-1-3-6-10/h1-9H. The van der Waals surface area contributed by atoms with Gasteiger partial charge in [-0.3, -0.25) is 0 Å². The minimum Gasteiger partial charge on any atom is -0.239 e. The molecule has 0 radical (unpaired) electrons. The highest BCUT2D eigenvalue weighted by Gasteiger charge is 2.21. The van der Waals surface area contributed by atoms with E-state index in [0.29, 0.717) is 5.52 Å². The normalized spacial score (nSPS) is 11.9. The van der Waals surface area contributed by atoms with Gasteiger partial charge in [-0.25, -0.2) is 12.4 Å². The van der Waals surface area contributed by atoms with Gasteiger partial charge in [-0.15, -0.1) is 0 Å². The second-order valence-corrected chi connectivity index (χ2v) is 8.06. The van der Waals surface area contributed by atoms with Crippen LogP contribution in [0.4, 0.5) is 0 Å². The molecule has 1 heterocycles. The summed E-state index contributed by atoms with van der Waals surface area (Å²) in [5.74, 6) is 0. The maximum atomic E-state index is 12.8. The summed E-state index contributed by atoms with van der Waals surface area (Å²) in [6.45, 7) is 0. The van der Waals surface area contributed by atoms with Crippen LogP contribution in [-0.2, 0) is 10.0 Å². The molecule has 0 N–H and O–H groups in total. The van der Waals surface area contributed by atoms with E-state index in [2.05, 4.69) is 38.5 Å². The highest BCUT2D eigenvalue weighted by molar-refractivity contribution is 14.1. The molecule has 0 amide bonds. The van der Waals surface area contributed by atoms with E-state index in [1.807, 2.05) is 18.2 Å². The summed E-state index contributed by atoms with van der Waals surface area (Å²) < 4.78 is 28.5. The number of rotatable bonds is 2. The van der Waals surface area contributed by atoms with E-state index < -0.39 is 10.0 Å². The Morgan fingerprint density at radius 3 is 2.40 bits per heavy atom. The molecular formula is C14H9BrINO2S. The zero-order chi connectivity index (χ0) is 14.3. The summed E-state index contributed by atoms with van der Waals surface area (Å²) in [6, 6.07) is 14.1. The van der Waals surface area contributed by atoms with E-state index >= 15 is 0 Å². The summed E-state index contributed by atoms with van der Waals surface area (Å²) in [4.78, 5) is 0.282. The van der Waals surface area contributed by atoms with Crippen molar-refractivity contribution in [3.63, 3.8) is 0 Å². The van der Waals surface area contributed by atoms with Gasteiger partial charge >= 0.3 is 0 Å². The van der Waals surface area contributed by atoms with Crippen molar-refractivity contribution in [3.8, 4) is 0 Å². The Morgan fingerprint density at radius 2 is 1.70 bits per heavy atom. The lowest BCUT2D eigenvalue weighted by Crippen LogP contribution is -2.11. The van der Waals surface area contributed by atoms with Gasteiger partial charge in [-0.1, -0.05) is 30.3 Å². The first-order valence-corrected chi connectivity index (χ1v) is 9.08. The van der Waals surface area contributed by atoms with Crippen LogP contribution in [0.15, 0.2) is 64.1 Å². The molecule has 2 aromatic carbocycles. The summed E-state index contributed by atoms with van der Waals surface area (Å²) in [7, 11) is -3.59. The molecule has 0 bridgehead atoms. The van der Waals surface area contributed by atoms with Crippen LogP contribution in [-0.4, -0.2) is 12.4 Å². The zero-order valence-corrected chi connectivity index (χ0v) is 14.7. The average Bonchev–Trinajstić information content (AvgIpc) is 2.80. The van der Waals surface area contributed by atoms with Crippen LogP contribution in [0.25, 0.3) is 10.9 Å². The summed E-state index contributed by atoms with van der Waals surface area (Å²) in [6.07, 6.45) is 1.65. The topological polar surface area (TPSA) is 39.1 Å². The van der Waals surface area contributed by atoms with E-state index in [0.717, 1.165) is 13.4 Å². The van der Waals surface area contributed by atoms with Gasteiger partial charge in [0.25, 0.3) is 10.0 Å². The molecule has 3 aromatic rings. The van der Waals surface area contributed by atoms with Gasteiger partial charge < -0.3 is 0 Å². The third-order valence-corrected chi connectivity index (χ3v) is 6.17. The molecule has 0 aliphatic rings. The van der Waals surface area contributed by atoms with Gasteiger partial charge in [0.2, 0.25) is 0 Å². The number of halogens is 2. The Hall–Kier alpha value is -0.860. The lowest BCUT2D eigenvalue weighted by molar-refractivity contribution is 0.589. The highest BCUT2D eigenvalue weighted by Crippen LogP contribution is 2.31. The lowest BCUT2D eigenvalue weighted by atomic mass is 10.3. The fourth-order valence-electron chi connectivity index (χ4n) is 2.06. The average molecular weight is 462 g/mol. The molecule has 6 heteroatoms. The Kier molecular flexibility index (Phi) is 3.64. The van der Waals surface area contributed by atoms with Crippen LogP contribution in [0.1, 0.15) is 0 Å². The highest BCUT2D eigenvalue weighted by atomic mass is 127. The number of hydrogen-bond donors (Lipinski definition) is 0. The Balaban J connectivity index is 2.36. The van der Waals surface area contributed by atoms with Gasteiger partial charge in [0, 0.05) is 19.6 Å². The maximum absolute atomic E-state index is 12.8. The third kappa shape index (κ3) is 2.19. The first-order valence-electron chi connectivity index (χ1n) is 5.77. The molecule has 0 spiro atoms. The maximum Gasteiger partial charge on any atom is 0.268 e. The number of nitrogens with zero attached hydrogens (tertiary/aromatic N) is 1. The van der Waals surface area contributed by atoms with E-state index in [4.69, 9.17) is 0 Å². The lowest BCUT2D eigenvalue weighted by Gasteiger charge is -2.08. The van der Waals surface area contributed by atoms with Crippen LogP contribution in [0.2, 0.25) is 0 Å². The van der Waals surface area contributed by atoms with E-state index in [1.165, 1.54) is 3.97 Å². The summed E-state index contributed by atoms with van der Waals surface area (Å²) in [5.41, 5.74) is 0.667. The van der Waals surface area contributed by atoms with Crippen LogP contribution in [0.3, 0.4) is 0 Å². The molecule has 0 aliphatic carbocycles. The monoisotopic (exact) mass is 461 g/mol. The molecule has 0 atom stereocenters. The van der Waals surface area contributed by atoms with E-state index in [9.17, 15) is 8.42 Å². The van der Waals surface area contributed by atoms with Crippen LogP contribution in [0.5, 0.6) is 0 Å². The molecule has 0 aliphatic heterocycles. The molecule has 3 nitrogen and oxygen atoms in total. The predicted octanol–water partition coefficient (Wildman–Crippen LogP) is 4.25. The molecule has 0 saturated carbocycles. The quantitative estimate of drug-likeness (QED) is 0.535. The van der Waals surface area contributed by atoms with Crippen molar-refractivity contribution in [3.05, 3.63) is 62.8 Å². The molecule has 0 saturated heterocycles. The van der Waals surface area contributed by atoms with Gasteiger partial charge in [0.05, 0.1) is 10.4 Å². The van der Waals surface area contributed by atoms with E-state index in [1.54, 1.807) is 36.5 Å². The van der Waals surface area contributed by atoms with Crippen molar-refractivity contribution in [2.45, 2.75) is 4.90 Å². The van der Waals surface area contributed by atoms with Crippen molar-refractivity contribution in [2.75, 3.05) is 0 Å². The molecule has 20 heavy (non-hydrogen) atoms. The molecule has 0 unspecified atom stereocenters. The first-order chi connectivity index (χ1) is 9.51. The molecule has 102 valence electrons. The number of benzene rings is 2. The summed E-state index contributed by atoms with van der Waals surface area (Å²) >= 11 is 5.59. The molecule has 1 aromatic heterocycles. The Labute approximate surface area is 138 Å². The number of para-hydroxylation sites is 1.